The Morgan fingerprint density at radius 1 is 0.771 bits per heavy atom. The van der Waals surface area contributed by atoms with Crippen molar-refractivity contribution in [3.05, 3.63) is 103 Å². The van der Waals surface area contributed by atoms with Crippen LogP contribution < -0.4 is 15.9 Å². The van der Waals surface area contributed by atoms with Crippen molar-refractivity contribution in [2.24, 2.45) is 0 Å². The summed E-state index contributed by atoms with van der Waals surface area (Å²) in [5.41, 5.74) is 0.362. The molecule has 0 fully saturated rings. The van der Waals surface area contributed by atoms with Gasteiger partial charge < -0.3 is 0 Å². The second-order valence-corrected chi connectivity index (χ2v) is 13.9. The van der Waals surface area contributed by atoms with Gasteiger partial charge in [0.25, 0.3) is 0 Å². The molecule has 0 atom stereocenters. The van der Waals surface area contributed by atoms with E-state index in [1.165, 1.54) is 0 Å². The molecule has 0 aliphatic rings. The number of carbonyl (C=O) groups is 1. The van der Waals surface area contributed by atoms with Gasteiger partial charge in [-0.1, -0.05) is 0 Å². The third-order valence-electron chi connectivity index (χ3n) is 5.77. The van der Waals surface area contributed by atoms with Gasteiger partial charge in [0.1, 0.15) is 0 Å². The standard InChI is InChI=1S/C27H31O6PS/c1-4-31-27(28)23(3)21-22-34(24-15-9-6-10-16-24,25-17-11-7-12-18-25,26-19-13-8-14-20-26)33-35(29,30)32-5-2/h6-21H,4-5,22H2,1-3H3/b23-21+. The summed E-state index contributed by atoms with van der Waals surface area (Å²) in [5.74, 6) is -0.467. The van der Waals surface area contributed by atoms with Crippen molar-refractivity contribution in [3.8, 4) is 0 Å². The number of ether oxygens (including phenoxy) is 1. The Balaban J connectivity index is 2.50. The van der Waals surface area contributed by atoms with E-state index in [-0.39, 0.29) is 19.4 Å². The topological polar surface area (TPSA) is 78.9 Å². The van der Waals surface area contributed by atoms with Crippen LogP contribution in [0.2, 0.25) is 0 Å². The fourth-order valence-corrected chi connectivity index (χ4v) is 12.1. The van der Waals surface area contributed by atoms with Crippen molar-refractivity contribution in [3.63, 3.8) is 0 Å². The van der Waals surface area contributed by atoms with Crippen molar-refractivity contribution >= 4 is 39.1 Å². The average molecular weight is 515 g/mol. The quantitative estimate of drug-likeness (QED) is 0.216. The van der Waals surface area contributed by atoms with Crippen molar-refractivity contribution < 1.29 is 26.1 Å². The van der Waals surface area contributed by atoms with Crippen LogP contribution in [-0.4, -0.2) is 33.8 Å². The molecule has 3 aromatic rings. The van der Waals surface area contributed by atoms with E-state index in [1.54, 1.807) is 26.8 Å². The monoisotopic (exact) mass is 514 g/mol. The summed E-state index contributed by atoms with van der Waals surface area (Å²) in [6.45, 7) is 0.835. The third-order valence-corrected chi connectivity index (χ3v) is 13.4. The van der Waals surface area contributed by atoms with Gasteiger partial charge in [0.15, 0.2) is 0 Å². The molecule has 8 heteroatoms. The van der Waals surface area contributed by atoms with E-state index in [1.807, 2.05) is 91.0 Å². The van der Waals surface area contributed by atoms with E-state index < -0.39 is 23.2 Å². The van der Waals surface area contributed by atoms with Crippen LogP contribution in [-0.2, 0) is 28.1 Å². The normalized spacial score (nSPS) is 13.6. The maximum absolute atomic E-state index is 13.3. The maximum atomic E-state index is 13.3. The van der Waals surface area contributed by atoms with E-state index in [0.29, 0.717) is 21.5 Å². The first kappa shape index (κ1) is 26.8. The molecule has 0 bridgehead atoms. The van der Waals surface area contributed by atoms with Gasteiger partial charge in [0.05, 0.1) is 0 Å². The van der Waals surface area contributed by atoms with Crippen LogP contribution in [0.3, 0.4) is 0 Å². The zero-order chi connectivity index (χ0) is 25.4. The van der Waals surface area contributed by atoms with Gasteiger partial charge in [-0.3, -0.25) is 0 Å². The number of carbonyl (C=O) groups excluding carboxylic acids is 1. The summed E-state index contributed by atoms with van der Waals surface area (Å²) in [5, 5.41) is 2.06. The first-order chi connectivity index (χ1) is 16.8. The van der Waals surface area contributed by atoms with Crippen LogP contribution in [0.1, 0.15) is 20.8 Å². The van der Waals surface area contributed by atoms with Crippen LogP contribution in [0.15, 0.2) is 103 Å². The van der Waals surface area contributed by atoms with E-state index in [2.05, 4.69) is 0 Å². The number of rotatable bonds is 11. The molecular weight excluding hydrogens is 483 g/mol. The minimum absolute atomic E-state index is 0.0785. The van der Waals surface area contributed by atoms with Gasteiger partial charge in [-0.15, -0.1) is 0 Å². The van der Waals surface area contributed by atoms with Crippen LogP contribution in [0.5, 0.6) is 0 Å². The molecule has 0 unspecified atom stereocenters. The summed E-state index contributed by atoms with van der Waals surface area (Å²) < 4.78 is 43.4. The van der Waals surface area contributed by atoms with E-state index in [4.69, 9.17) is 12.9 Å². The second kappa shape index (κ2) is 11.3. The first-order valence-corrected chi connectivity index (χ1v) is 15.1. The molecule has 0 saturated carbocycles. The third kappa shape index (κ3) is 5.39. The molecule has 35 heavy (non-hydrogen) atoms. The Hall–Kier alpha value is -2.83. The number of hydrogen-bond donors (Lipinski definition) is 0. The SMILES string of the molecule is CCOC(=O)/C(C)=C/CP(OS(=O)(=O)OCC)(c1ccccc1)(c1ccccc1)c1ccccc1. The van der Waals surface area contributed by atoms with Gasteiger partial charge >= 0.3 is 208 Å². The van der Waals surface area contributed by atoms with Crippen molar-refractivity contribution in [2.45, 2.75) is 20.8 Å². The molecule has 0 spiro atoms. The minimum atomic E-state index is -4.46. The molecule has 0 aliphatic heterocycles. The Kier molecular flexibility index (Phi) is 8.62. The van der Waals surface area contributed by atoms with Crippen LogP contribution in [0.25, 0.3) is 0 Å². The van der Waals surface area contributed by atoms with Crippen LogP contribution >= 0.6 is 6.83 Å². The van der Waals surface area contributed by atoms with E-state index in [0.717, 1.165) is 0 Å². The molecule has 0 radical (unpaired) electrons. The summed E-state index contributed by atoms with van der Waals surface area (Å²) in [4.78, 5) is 12.5. The van der Waals surface area contributed by atoms with Crippen LogP contribution in [0, 0.1) is 0 Å². The van der Waals surface area contributed by atoms with Gasteiger partial charge in [0.2, 0.25) is 0 Å². The fraction of sp³-hybridized carbons (Fsp3) is 0.222. The molecule has 186 valence electrons. The number of hydrogen-bond acceptors (Lipinski definition) is 6. The molecule has 0 amide bonds. The van der Waals surface area contributed by atoms with Gasteiger partial charge in [-0.05, 0) is 0 Å². The predicted octanol–water partition coefficient (Wildman–Crippen LogP) is 4.24. The molecule has 0 aromatic heterocycles. The summed E-state index contributed by atoms with van der Waals surface area (Å²) in [6.07, 6.45) is 1.81. The molecule has 0 saturated heterocycles. The van der Waals surface area contributed by atoms with E-state index >= 15 is 0 Å². The van der Waals surface area contributed by atoms with Crippen molar-refractivity contribution in [1.29, 1.82) is 0 Å². The predicted molar refractivity (Wildman–Crippen MR) is 142 cm³/mol. The number of allylic oxidation sites excluding steroid dienone is 1. The van der Waals surface area contributed by atoms with Crippen molar-refractivity contribution in [2.75, 3.05) is 19.4 Å². The zero-order valence-electron chi connectivity index (χ0n) is 20.2. The van der Waals surface area contributed by atoms with Gasteiger partial charge in [-0.2, -0.15) is 0 Å². The first-order valence-electron chi connectivity index (χ1n) is 11.4. The van der Waals surface area contributed by atoms with Crippen LogP contribution in [0.4, 0.5) is 0 Å². The number of esters is 1. The zero-order valence-corrected chi connectivity index (χ0v) is 21.9. The molecule has 0 heterocycles. The molecular formula is C27H31O6PS. The molecule has 0 aliphatic carbocycles. The summed E-state index contributed by atoms with van der Waals surface area (Å²) >= 11 is 0. The van der Waals surface area contributed by atoms with E-state index in [9.17, 15) is 13.2 Å². The summed E-state index contributed by atoms with van der Waals surface area (Å²) in [6, 6.07) is 27.9. The molecule has 6 nitrogen and oxygen atoms in total. The number of benzene rings is 3. The fourth-order valence-electron chi connectivity index (χ4n) is 4.16. The van der Waals surface area contributed by atoms with Gasteiger partial charge in [-0.25, -0.2) is 0 Å². The average Bonchev–Trinajstić information content (AvgIpc) is 2.88. The Morgan fingerprint density at radius 2 is 1.20 bits per heavy atom. The van der Waals surface area contributed by atoms with Gasteiger partial charge in [0, 0.05) is 0 Å². The molecule has 0 N–H and O–H groups in total. The summed E-state index contributed by atoms with van der Waals surface area (Å²) in [7, 11) is -4.46. The molecule has 3 aromatic carbocycles. The Bertz CT molecular complexity index is 1160. The van der Waals surface area contributed by atoms with Crippen molar-refractivity contribution in [1.82, 2.24) is 0 Å². The Morgan fingerprint density at radius 3 is 1.57 bits per heavy atom. The molecule has 3 rings (SSSR count). The Labute approximate surface area is 207 Å². The second-order valence-electron chi connectivity index (χ2n) is 7.90.